The summed E-state index contributed by atoms with van der Waals surface area (Å²) in [6, 6.07) is 13.0. The minimum absolute atomic E-state index is 0.0109. The van der Waals surface area contributed by atoms with Crippen LogP contribution >= 0.6 is 15.9 Å². The first kappa shape index (κ1) is 21.0. The number of sulfonamides is 1. The first-order valence-electron chi connectivity index (χ1n) is 9.37. The van der Waals surface area contributed by atoms with Crippen LogP contribution in [0.25, 0.3) is 0 Å². The van der Waals surface area contributed by atoms with Gasteiger partial charge in [0.2, 0.25) is 15.9 Å². The number of benzene rings is 2. The van der Waals surface area contributed by atoms with E-state index in [1.807, 2.05) is 44.2 Å². The van der Waals surface area contributed by atoms with Gasteiger partial charge in [-0.25, -0.2) is 8.42 Å². The summed E-state index contributed by atoms with van der Waals surface area (Å²) >= 11 is 3.42. The second-order valence-electron chi connectivity index (χ2n) is 7.27. The van der Waals surface area contributed by atoms with Crippen LogP contribution in [0.1, 0.15) is 29.5 Å². The van der Waals surface area contributed by atoms with Crippen LogP contribution in [0.15, 0.2) is 51.8 Å². The van der Waals surface area contributed by atoms with E-state index in [1.165, 1.54) is 4.31 Å². The van der Waals surface area contributed by atoms with Crippen LogP contribution in [0.2, 0.25) is 0 Å². The SMILES string of the molecule is Cc1ccc(S(=O)(=O)N2CCC(C(=O)NCc3cccc(Br)c3)CC2)cc1C. The van der Waals surface area contributed by atoms with Gasteiger partial charge in [0.15, 0.2) is 0 Å². The Morgan fingerprint density at radius 1 is 1.11 bits per heavy atom. The highest BCUT2D eigenvalue weighted by Crippen LogP contribution is 2.25. The lowest BCUT2D eigenvalue weighted by Crippen LogP contribution is -2.42. The monoisotopic (exact) mass is 464 g/mol. The highest BCUT2D eigenvalue weighted by atomic mass is 79.9. The molecule has 0 unspecified atom stereocenters. The van der Waals surface area contributed by atoms with Crippen molar-refractivity contribution in [3.05, 3.63) is 63.6 Å². The van der Waals surface area contributed by atoms with Gasteiger partial charge < -0.3 is 5.32 Å². The van der Waals surface area contributed by atoms with Gasteiger partial charge in [0.25, 0.3) is 0 Å². The second kappa shape index (κ2) is 8.76. The number of piperidine rings is 1. The molecule has 1 saturated heterocycles. The Kier molecular flexibility index (Phi) is 6.58. The van der Waals surface area contributed by atoms with E-state index in [9.17, 15) is 13.2 Å². The summed E-state index contributed by atoms with van der Waals surface area (Å²) in [5.41, 5.74) is 3.06. The second-order valence-corrected chi connectivity index (χ2v) is 10.1. The minimum Gasteiger partial charge on any atom is -0.352 e. The van der Waals surface area contributed by atoms with Gasteiger partial charge >= 0.3 is 0 Å². The fourth-order valence-electron chi connectivity index (χ4n) is 3.36. The molecule has 0 saturated carbocycles. The molecule has 0 spiro atoms. The van der Waals surface area contributed by atoms with Crippen molar-refractivity contribution in [2.24, 2.45) is 5.92 Å². The zero-order valence-electron chi connectivity index (χ0n) is 16.1. The fraction of sp³-hybridized carbons (Fsp3) is 0.381. The third-order valence-electron chi connectivity index (χ3n) is 5.30. The van der Waals surface area contributed by atoms with Crippen molar-refractivity contribution in [1.29, 1.82) is 0 Å². The molecule has 2 aromatic carbocycles. The summed E-state index contributed by atoms with van der Waals surface area (Å²) in [6.07, 6.45) is 1.07. The third kappa shape index (κ3) is 4.82. The van der Waals surface area contributed by atoms with Crippen LogP contribution in [-0.2, 0) is 21.4 Å². The van der Waals surface area contributed by atoms with E-state index in [0.29, 0.717) is 37.4 Å². The number of amides is 1. The van der Waals surface area contributed by atoms with Crippen molar-refractivity contribution in [1.82, 2.24) is 9.62 Å². The molecule has 28 heavy (non-hydrogen) atoms. The highest BCUT2D eigenvalue weighted by molar-refractivity contribution is 9.10. The maximum absolute atomic E-state index is 12.9. The maximum Gasteiger partial charge on any atom is 0.243 e. The summed E-state index contributed by atoms with van der Waals surface area (Å²) < 4.78 is 28.3. The Morgan fingerprint density at radius 3 is 2.46 bits per heavy atom. The molecule has 0 aromatic heterocycles. The van der Waals surface area contributed by atoms with E-state index in [0.717, 1.165) is 21.2 Å². The average Bonchev–Trinajstić information content (AvgIpc) is 2.68. The molecule has 1 amide bonds. The molecule has 1 aliphatic rings. The largest absolute Gasteiger partial charge is 0.352 e. The van der Waals surface area contributed by atoms with Gasteiger partial charge in [0.05, 0.1) is 4.90 Å². The first-order valence-corrected chi connectivity index (χ1v) is 11.6. The number of hydrogen-bond donors (Lipinski definition) is 1. The standard InChI is InChI=1S/C21H25BrN2O3S/c1-15-6-7-20(12-16(15)2)28(26,27)24-10-8-18(9-11-24)21(25)23-14-17-4-3-5-19(22)13-17/h3-7,12-13,18H,8-11,14H2,1-2H3,(H,23,25). The Hall–Kier alpha value is -1.70. The number of nitrogens with zero attached hydrogens (tertiary/aromatic N) is 1. The number of carbonyl (C=O) groups is 1. The smallest absolute Gasteiger partial charge is 0.243 e. The number of hydrogen-bond acceptors (Lipinski definition) is 3. The van der Waals surface area contributed by atoms with Crippen LogP contribution in [0.4, 0.5) is 0 Å². The first-order chi connectivity index (χ1) is 13.3. The number of nitrogens with one attached hydrogen (secondary N) is 1. The van der Waals surface area contributed by atoms with Crippen molar-refractivity contribution in [2.45, 2.75) is 38.1 Å². The molecule has 0 radical (unpaired) electrons. The highest BCUT2D eigenvalue weighted by Gasteiger charge is 2.32. The molecule has 2 aromatic rings. The third-order valence-corrected chi connectivity index (χ3v) is 7.68. The van der Waals surface area contributed by atoms with Gasteiger partial charge in [-0.2, -0.15) is 4.31 Å². The molecular formula is C21H25BrN2O3S. The van der Waals surface area contributed by atoms with Gasteiger partial charge in [-0.3, -0.25) is 4.79 Å². The van der Waals surface area contributed by atoms with Crippen molar-refractivity contribution in [2.75, 3.05) is 13.1 Å². The van der Waals surface area contributed by atoms with Crippen molar-refractivity contribution in [3.8, 4) is 0 Å². The molecule has 0 aliphatic carbocycles. The zero-order valence-corrected chi connectivity index (χ0v) is 18.5. The zero-order chi connectivity index (χ0) is 20.3. The van der Waals surface area contributed by atoms with Crippen LogP contribution in [0.5, 0.6) is 0 Å². The molecule has 150 valence electrons. The molecule has 1 heterocycles. The number of carbonyl (C=O) groups excluding carboxylic acids is 1. The predicted octanol–water partition coefficient (Wildman–Crippen LogP) is 3.78. The van der Waals surface area contributed by atoms with Crippen molar-refractivity contribution in [3.63, 3.8) is 0 Å². The minimum atomic E-state index is -3.51. The van der Waals surface area contributed by atoms with Crippen LogP contribution in [0, 0.1) is 19.8 Å². The lowest BCUT2D eigenvalue weighted by Gasteiger charge is -2.30. The van der Waals surface area contributed by atoms with E-state index < -0.39 is 10.0 Å². The molecule has 0 bridgehead atoms. The lowest BCUT2D eigenvalue weighted by atomic mass is 9.97. The van der Waals surface area contributed by atoms with Crippen LogP contribution in [-0.4, -0.2) is 31.7 Å². The number of halogens is 1. The van der Waals surface area contributed by atoms with Gasteiger partial charge in [0, 0.05) is 30.0 Å². The van der Waals surface area contributed by atoms with E-state index in [4.69, 9.17) is 0 Å². The molecular weight excluding hydrogens is 440 g/mol. The topological polar surface area (TPSA) is 66.5 Å². The summed E-state index contributed by atoms with van der Waals surface area (Å²) in [6.45, 7) is 5.08. The van der Waals surface area contributed by atoms with E-state index in [1.54, 1.807) is 12.1 Å². The molecule has 3 rings (SSSR count). The molecule has 1 N–H and O–H groups in total. The maximum atomic E-state index is 12.9. The molecule has 1 aliphatic heterocycles. The Labute approximate surface area is 175 Å². The Bertz CT molecular complexity index is 967. The van der Waals surface area contributed by atoms with E-state index in [2.05, 4.69) is 21.2 Å². The van der Waals surface area contributed by atoms with Crippen molar-refractivity contribution >= 4 is 31.9 Å². The molecule has 7 heteroatoms. The summed E-state index contributed by atoms with van der Waals surface area (Å²) in [4.78, 5) is 12.8. The number of aryl methyl sites for hydroxylation is 2. The number of rotatable bonds is 5. The molecule has 5 nitrogen and oxygen atoms in total. The summed E-state index contributed by atoms with van der Waals surface area (Å²) in [7, 11) is -3.51. The molecule has 0 atom stereocenters. The average molecular weight is 465 g/mol. The van der Waals surface area contributed by atoms with Gasteiger partial charge in [0.1, 0.15) is 0 Å². The fourth-order valence-corrected chi connectivity index (χ4v) is 5.36. The van der Waals surface area contributed by atoms with Gasteiger partial charge in [-0.15, -0.1) is 0 Å². The van der Waals surface area contributed by atoms with Crippen LogP contribution < -0.4 is 5.32 Å². The van der Waals surface area contributed by atoms with Gasteiger partial charge in [-0.05, 0) is 67.6 Å². The van der Waals surface area contributed by atoms with Gasteiger partial charge in [-0.1, -0.05) is 34.1 Å². The summed E-state index contributed by atoms with van der Waals surface area (Å²) in [5, 5.41) is 2.97. The van der Waals surface area contributed by atoms with E-state index in [-0.39, 0.29) is 11.8 Å². The van der Waals surface area contributed by atoms with Crippen molar-refractivity contribution < 1.29 is 13.2 Å². The van der Waals surface area contributed by atoms with E-state index >= 15 is 0 Å². The Morgan fingerprint density at radius 2 is 1.82 bits per heavy atom. The summed E-state index contributed by atoms with van der Waals surface area (Å²) in [5.74, 6) is -0.165. The normalized spacial score (nSPS) is 16.1. The molecule has 1 fully saturated rings. The predicted molar refractivity (Wildman–Crippen MR) is 113 cm³/mol. The lowest BCUT2D eigenvalue weighted by molar-refractivity contribution is -0.126. The quantitative estimate of drug-likeness (QED) is 0.731. The Balaban J connectivity index is 1.57. The van der Waals surface area contributed by atoms with Crippen LogP contribution in [0.3, 0.4) is 0 Å².